The molecule has 4 rings (SSSR count). The van der Waals surface area contributed by atoms with Crippen molar-refractivity contribution < 1.29 is 18.7 Å². The highest BCUT2D eigenvalue weighted by Crippen LogP contribution is 2.28. The number of hydrogen-bond acceptors (Lipinski definition) is 8. The summed E-state index contributed by atoms with van der Waals surface area (Å²) < 4.78 is 22.4. The monoisotopic (exact) mass is 420 g/mol. The van der Waals surface area contributed by atoms with Crippen LogP contribution in [0.25, 0.3) is 22.6 Å². The third-order valence-corrected chi connectivity index (χ3v) is 4.59. The fraction of sp³-hybridized carbons (Fsp3) is 0.182. The SMILES string of the molecule is COc1cccc(-c2ccc(=O)n(Cc3nc(-c4cc(OC)cc(OC)c4)no3)n2)c1. The molecular formula is C22H20N4O5. The zero-order valence-electron chi connectivity index (χ0n) is 17.2. The summed E-state index contributed by atoms with van der Waals surface area (Å²) in [7, 11) is 4.72. The van der Waals surface area contributed by atoms with Gasteiger partial charge in [0, 0.05) is 23.3 Å². The Morgan fingerprint density at radius 2 is 1.58 bits per heavy atom. The van der Waals surface area contributed by atoms with Gasteiger partial charge in [0.05, 0.1) is 27.0 Å². The minimum atomic E-state index is -0.283. The largest absolute Gasteiger partial charge is 0.497 e. The highest BCUT2D eigenvalue weighted by molar-refractivity contribution is 5.61. The molecule has 0 saturated heterocycles. The minimum Gasteiger partial charge on any atom is -0.497 e. The summed E-state index contributed by atoms with van der Waals surface area (Å²) in [5.41, 5.74) is 1.82. The maximum Gasteiger partial charge on any atom is 0.267 e. The molecule has 4 aromatic rings. The van der Waals surface area contributed by atoms with Gasteiger partial charge >= 0.3 is 0 Å². The number of hydrogen-bond donors (Lipinski definition) is 0. The Bertz CT molecular complexity index is 1240. The first-order valence-electron chi connectivity index (χ1n) is 9.38. The van der Waals surface area contributed by atoms with E-state index in [0.29, 0.717) is 34.3 Å². The molecule has 2 heterocycles. The molecule has 0 spiro atoms. The molecule has 0 unspecified atom stereocenters. The van der Waals surface area contributed by atoms with E-state index in [0.717, 1.165) is 5.56 Å². The molecule has 2 aromatic carbocycles. The lowest BCUT2D eigenvalue weighted by Crippen LogP contribution is -2.23. The van der Waals surface area contributed by atoms with Gasteiger partial charge < -0.3 is 18.7 Å². The van der Waals surface area contributed by atoms with Gasteiger partial charge in [-0.05, 0) is 30.3 Å². The molecule has 0 aliphatic carbocycles. The van der Waals surface area contributed by atoms with E-state index in [1.807, 2.05) is 24.3 Å². The van der Waals surface area contributed by atoms with Crippen molar-refractivity contribution in [3.63, 3.8) is 0 Å². The highest BCUT2D eigenvalue weighted by Gasteiger charge is 2.14. The minimum absolute atomic E-state index is 0.0325. The van der Waals surface area contributed by atoms with Gasteiger partial charge in [0.15, 0.2) is 0 Å². The van der Waals surface area contributed by atoms with Gasteiger partial charge in [-0.1, -0.05) is 17.3 Å². The fourth-order valence-electron chi connectivity index (χ4n) is 3.00. The van der Waals surface area contributed by atoms with E-state index in [1.165, 1.54) is 10.7 Å². The summed E-state index contributed by atoms with van der Waals surface area (Å²) in [6.45, 7) is 0.0325. The lowest BCUT2D eigenvalue weighted by Gasteiger charge is -2.06. The lowest BCUT2D eigenvalue weighted by atomic mass is 10.1. The van der Waals surface area contributed by atoms with Crippen molar-refractivity contribution in [1.82, 2.24) is 19.9 Å². The molecule has 9 nitrogen and oxygen atoms in total. The van der Waals surface area contributed by atoms with E-state index < -0.39 is 0 Å². The molecule has 0 aliphatic heterocycles. The Morgan fingerprint density at radius 3 is 2.29 bits per heavy atom. The van der Waals surface area contributed by atoms with Gasteiger partial charge in [-0.15, -0.1) is 0 Å². The van der Waals surface area contributed by atoms with Crippen molar-refractivity contribution in [2.45, 2.75) is 6.54 Å². The number of aromatic nitrogens is 4. The Morgan fingerprint density at radius 1 is 0.871 bits per heavy atom. The van der Waals surface area contributed by atoms with Crippen LogP contribution >= 0.6 is 0 Å². The van der Waals surface area contributed by atoms with E-state index in [1.54, 1.807) is 45.6 Å². The maximum atomic E-state index is 12.3. The summed E-state index contributed by atoms with van der Waals surface area (Å²) in [6, 6.07) is 15.8. The van der Waals surface area contributed by atoms with Crippen molar-refractivity contribution in [2.24, 2.45) is 0 Å². The molecule has 0 bridgehead atoms. The Labute approximate surface area is 177 Å². The van der Waals surface area contributed by atoms with Crippen LogP contribution in [0, 0.1) is 0 Å². The molecule has 0 atom stereocenters. The molecule has 9 heteroatoms. The second-order valence-corrected chi connectivity index (χ2v) is 6.56. The van der Waals surface area contributed by atoms with Crippen LogP contribution in [0.2, 0.25) is 0 Å². The van der Waals surface area contributed by atoms with Gasteiger partial charge in [-0.25, -0.2) is 4.68 Å². The number of rotatable bonds is 7. The predicted molar refractivity (Wildman–Crippen MR) is 112 cm³/mol. The van der Waals surface area contributed by atoms with Crippen LogP contribution in [0.5, 0.6) is 17.2 Å². The van der Waals surface area contributed by atoms with Crippen LogP contribution in [0.1, 0.15) is 5.89 Å². The van der Waals surface area contributed by atoms with Crippen LogP contribution in [0.3, 0.4) is 0 Å². The van der Waals surface area contributed by atoms with Crippen molar-refractivity contribution in [3.8, 4) is 39.9 Å². The number of nitrogens with zero attached hydrogens (tertiary/aromatic N) is 4. The second-order valence-electron chi connectivity index (χ2n) is 6.56. The van der Waals surface area contributed by atoms with Gasteiger partial charge in [-0.2, -0.15) is 10.1 Å². The van der Waals surface area contributed by atoms with Crippen molar-refractivity contribution >= 4 is 0 Å². The molecule has 158 valence electrons. The van der Waals surface area contributed by atoms with Crippen molar-refractivity contribution in [3.05, 3.63) is 70.8 Å². The average Bonchev–Trinajstić information content (AvgIpc) is 3.28. The topological polar surface area (TPSA) is 102 Å². The molecular weight excluding hydrogens is 400 g/mol. The summed E-state index contributed by atoms with van der Waals surface area (Å²) in [6.07, 6.45) is 0. The predicted octanol–water partition coefficient (Wildman–Crippen LogP) is 3.03. The van der Waals surface area contributed by atoms with E-state index in [-0.39, 0.29) is 18.0 Å². The normalized spacial score (nSPS) is 10.7. The molecule has 0 saturated carbocycles. The first-order chi connectivity index (χ1) is 15.1. The maximum absolute atomic E-state index is 12.3. The summed E-state index contributed by atoms with van der Waals surface area (Å²) in [4.78, 5) is 16.7. The van der Waals surface area contributed by atoms with E-state index >= 15 is 0 Å². The average molecular weight is 420 g/mol. The molecule has 0 fully saturated rings. The summed E-state index contributed by atoms with van der Waals surface area (Å²) in [5.74, 6) is 2.50. The first kappa shape index (κ1) is 20.1. The van der Waals surface area contributed by atoms with Crippen LogP contribution in [-0.4, -0.2) is 41.3 Å². The quantitative estimate of drug-likeness (QED) is 0.450. The Hall–Kier alpha value is -4.14. The Kier molecular flexibility index (Phi) is 5.65. The molecule has 2 aromatic heterocycles. The second kappa shape index (κ2) is 8.70. The van der Waals surface area contributed by atoms with Crippen LogP contribution in [0.4, 0.5) is 0 Å². The van der Waals surface area contributed by atoms with Crippen molar-refractivity contribution in [1.29, 1.82) is 0 Å². The fourth-order valence-corrected chi connectivity index (χ4v) is 3.00. The van der Waals surface area contributed by atoms with E-state index in [9.17, 15) is 4.79 Å². The van der Waals surface area contributed by atoms with E-state index in [2.05, 4.69) is 15.2 Å². The Balaban J connectivity index is 1.62. The molecule has 0 aliphatic rings. The van der Waals surface area contributed by atoms with Gasteiger partial charge in [-0.3, -0.25) is 4.79 Å². The van der Waals surface area contributed by atoms with Gasteiger partial charge in [0.2, 0.25) is 11.7 Å². The van der Waals surface area contributed by atoms with Crippen LogP contribution in [-0.2, 0) is 6.54 Å². The molecule has 0 N–H and O–H groups in total. The van der Waals surface area contributed by atoms with Crippen molar-refractivity contribution in [2.75, 3.05) is 21.3 Å². The number of ether oxygens (including phenoxy) is 3. The summed E-state index contributed by atoms with van der Waals surface area (Å²) >= 11 is 0. The zero-order chi connectivity index (χ0) is 21.8. The molecule has 0 amide bonds. The lowest BCUT2D eigenvalue weighted by molar-refractivity contribution is 0.363. The number of methoxy groups -OCH3 is 3. The van der Waals surface area contributed by atoms with Crippen LogP contribution in [0.15, 0.2) is 63.9 Å². The zero-order valence-corrected chi connectivity index (χ0v) is 17.2. The van der Waals surface area contributed by atoms with Gasteiger partial charge in [0.1, 0.15) is 23.8 Å². The number of benzene rings is 2. The summed E-state index contributed by atoms with van der Waals surface area (Å²) in [5, 5.41) is 8.44. The molecule has 31 heavy (non-hydrogen) atoms. The third-order valence-electron chi connectivity index (χ3n) is 4.59. The van der Waals surface area contributed by atoms with E-state index in [4.69, 9.17) is 18.7 Å². The first-order valence-corrected chi connectivity index (χ1v) is 9.38. The third kappa shape index (κ3) is 4.40. The van der Waals surface area contributed by atoms with Gasteiger partial charge in [0.25, 0.3) is 5.56 Å². The smallest absolute Gasteiger partial charge is 0.267 e. The standard InChI is InChI=1S/C22H20N4O5/c1-28-16-6-4-5-14(9-16)19-7-8-21(27)26(24-19)13-20-23-22(25-31-20)15-10-17(29-2)12-18(11-15)30-3/h4-12H,13H2,1-3H3. The highest BCUT2D eigenvalue weighted by atomic mass is 16.5. The molecule has 0 radical (unpaired) electrons. The van der Waals surface area contributed by atoms with Crippen LogP contribution < -0.4 is 19.8 Å².